The molecule has 122 valence electrons. The summed E-state index contributed by atoms with van der Waals surface area (Å²) < 4.78 is 0. The summed E-state index contributed by atoms with van der Waals surface area (Å²) in [4.78, 5) is 30.2. The third-order valence-electron chi connectivity index (χ3n) is 4.12. The number of anilines is 1. The van der Waals surface area contributed by atoms with E-state index >= 15 is 0 Å². The first-order valence-electron chi connectivity index (χ1n) is 7.84. The van der Waals surface area contributed by atoms with Crippen LogP contribution in [0.25, 0.3) is 6.08 Å². The Morgan fingerprint density at radius 2 is 2.00 bits per heavy atom. The molecule has 0 saturated carbocycles. The van der Waals surface area contributed by atoms with Crippen LogP contribution in [-0.2, 0) is 9.59 Å². The molecule has 24 heavy (non-hydrogen) atoms. The predicted octanol–water partition coefficient (Wildman–Crippen LogP) is 3.29. The van der Waals surface area contributed by atoms with Crippen molar-refractivity contribution in [1.29, 1.82) is 0 Å². The molecule has 1 aliphatic heterocycles. The van der Waals surface area contributed by atoms with Crippen molar-refractivity contribution in [2.24, 2.45) is 0 Å². The number of amides is 2. The van der Waals surface area contributed by atoms with E-state index in [1.165, 1.54) is 6.92 Å². The number of pyridine rings is 1. The van der Waals surface area contributed by atoms with Crippen molar-refractivity contribution in [2.45, 2.75) is 26.3 Å². The Kier molecular flexibility index (Phi) is 4.42. The lowest BCUT2D eigenvalue weighted by Crippen LogP contribution is -2.33. The summed E-state index contributed by atoms with van der Waals surface area (Å²) in [6.45, 7) is 3.40. The molecule has 1 aliphatic rings. The van der Waals surface area contributed by atoms with Crippen molar-refractivity contribution in [3.63, 3.8) is 0 Å². The van der Waals surface area contributed by atoms with E-state index in [0.29, 0.717) is 5.82 Å². The van der Waals surface area contributed by atoms with Gasteiger partial charge in [0.1, 0.15) is 5.82 Å². The number of aryl methyl sites for hydroxylation is 1. The number of nitrogens with zero attached hydrogens (tertiary/aromatic N) is 2. The van der Waals surface area contributed by atoms with Gasteiger partial charge in [0, 0.05) is 19.3 Å². The van der Waals surface area contributed by atoms with Crippen LogP contribution >= 0.6 is 0 Å². The SMILES string of the molecule is CC(=O)N1C=Cc2ccccc2C1CC(=O)Nc1ncccc1C. The number of hydrogen-bond donors (Lipinski definition) is 1. The van der Waals surface area contributed by atoms with E-state index in [2.05, 4.69) is 10.3 Å². The van der Waals surface area contributed by atoms with Gasteiger partial charge in [-0.15, -0.1) is 0 Å². The Bertz CT molecular complexity index is 814. The van der Waals surface area contributed by atoms with Crippen LogP contribution in [-0.4, -0.2) is 21.7 Å². The minimum atomic E-state index is -0.312. The second kappa shape index (κ2) is 6.66. The van der Waals surface area contributed by atoms with Crippen LogP contribution in [0.3, 0.4) is 0 Å². The molecule has 0 aliphatic carbocycles. The fourth-order valence-electron chi connectivity index (χ4n) is 2.89. The van der Waals surface area contributed by atoms with Gasteiger partial charge in [-0.3, -0.25) is 9.59 Å². The number of rotatable bonds is 3. The summed E-state index contributed by atoms with van der Waals surface area (Å²) in [6, 6.07) is 11.2. The van der Waals surface area contributed by atoms with Gasteiger partial charge in [-0.05, 0) is 35.8 Å². The van der Waals surface area contributed by atoms with Gasteiger partial charge < -0.3 is 10.2 Å². The van der Waals surface area contributed by atoms with Gasteiger partial charge in [0.25, 0.3) is 0 Å². The fraction of sp³-hybridized carbons (Fsp3) is 0.211. The van der Waals surface area contributed by atoms with Crippen molar-refractivity contribution in [2.75, 3.05) is 5.32 Å². The molecule has 1 atom stereocenters. The van der Waals surface area contributed by atoms with Crippen LogP contribution in [0.15, 0.2) is 48.8 Å². The Hall–Kier alpha value is -2.95. The lowest BCUT2D eigenvalue weighted by molar-refractivity contribution is -0.129. The van der Waals surface area contributed by atoms with Crippen molar-refractivity contribution < 1.29 is 9.59 Å². The van der Waals surface area contributed by atoms with Crippen LogP contribution < -0.4 is 5.32 Å². The van der Waals surface area contributed by atoms with Crippen molar-refractivity contribution in [3.05, 3.63) is 65.5 Å². The Morgan fingerprint density at radius 3 is 2.75 bits per heavy atom. The molecule has 1 aromatic carbocycles. The zero-order valence-corrected chi connectivity index (χ0v) is 13.7. The second-order valence-corrected chi connectivity index (χ2v) is 5.81. The summed E-state index contributed by atoms with van der Waals surface area (Å²) >= 11 is 0. The third kappa shape index (κ3) is 3.20. The largest absolute Gasteiger partial charge is 0.311 e. The maximum Gasteiger partial charge on any atom is 0.227 e. The first-order valence-corrected chi connectivity index (χ1v) is 7.84. The highest BCUT2D eigenvalue weighted by Gasteiger charge is 2.28. The van der Waals surface area contributed by atoms with Gasteiger partial charge in [0.2, 0.25) is 11.8 Å². The summed E-state index contributed by atoms with van der Waals surface area (Å²) in [5, 5.41) is 2.84. The highest BCUT2D eigenvalue weighted by Crippen LogP contribution is 2.33. The number of nitrogens with one attached hydrogen (secondary N) is 1. The molecule has 0 bridgehead atoms. The van der Waals surface area contributed by atoms with Crippen LogP contribution in [0.1, 0.15) is 36.1 Å². The van der Waals surface area contributed by atoms with E-state index in [1.807, 2.05) is 49.4 Å². The van der Waals surface area contributed by atoms with Crippen molar-refractivity contribution >= 4 is 23.7 Å². The van der Waals surface area contributed by atoms with E-state index in [-0.39, 0.29) is 24.3 Å². The van der Waals surface area contributed by atoms with Gasteiger partial charge in [-0.2, -0.15) is 0 Å². The molecule has 2 aromatic rings. The predicted molar refractivity (Wildman–Crippen MR) is 93.0 cm³/mol. The first kappa shape index (κ1) is 15.9. The maximum atomic E-state index is 12.5. The summed E-state index contributed by atoms with van der Waals surface area (Å²) in [6.07, 6.45) is 5.46. The summed E-state index contributed by atoms with van der Waals surface area (Å²) in [7, 11) is 0. The molecule has 3 rings (SSSR count). The maximum absolute atomic E-state index is 12.5. The molecular formula is C19H19N3O2. The Morgan fingerprint density at radius 1 is 1.21 bits per heavy atom. The average Bonchev–Trinajstić information content (AvgIpc) is 2.57. The quantitative estimate of drug-likeness (QED) is 0.943. The molecule has 5 nitrogen and oxygen atoms in total. The topological polar surface area (TPSA) is 62.3 Å². The highest BCUT2D eigenvalue weighted by atomic mass is 16.2. The normalized spacial score (nSPS) is 15.8. The Balaban J connectivity index is 1.83. The molecule has 0 saturated heterocycles. The lowest BCUT2D eigenvalue weighted by Gasteiger charge is -2.32. The first-order chi connectivity index (χ1) is 11.6. The minimum absolute atomic E-state index is 0.0902. The van der Waals surface area contributed by atoms with E-state index in [1.54, 1.807) is 17.3 Å². The molecule has 0 spiro atoms. The number of carbonyl (C=O) groups is 2. The zero-order valence-electron chi connectivity index (χ0n) is 13.7. The van der Waals surface area contributed by atoms with Gasteiger partial charge in [-0.25, -0.2) is 4.98 Å². The van der Waals surface area contributed by atoms with E-state index < -0.39 is 0 Å². The van der Waals surface area contributed by atoms with Crippen LogP contribution in [0.5, 0.6) is 0 Å². The number of carbonyl (C=O) groups excluding carboxylic acids is 2. The highest BCUT2D eigenvalue weighted by molar-refractivity contribution is 5.91. The van der Waals surface area contributed by atoms with Gasteiger partial charge in [0.15, 0.2) is 0 Å². The summed E-state index contributed by atoms with van der Waals surface area (Å²) in [5.41, 5.74) is 2.91. The fourth-order valence-corrected chi connectivity index (χ4v) is 2.89. The smallest absolute Gasteiger partial charge is 0.227 e. The molecule has 5 heteroatoms. The average molecular weight is 321 g/mol. The van der Waals surface area contributed by atoms with E-state index in [9.17, 15) is 9.59 Å². The molecule has 2 amide bonds. The molecule has 1 unspecified atom stereocenters. The number of aromatic nitrogens is 1. The van der Waals surface area contributed by atoms with E-state index in [4.69, 9.17) is 0 Å². The summed E-state index contributed by atoms with van der Waals surface area (Å²) in [5.74, 6) is 0.294. The zero-order chi connectivity index (χ0) is 17.1. The standard InChI is InChI=1S/C19H19N3O2/c1-13-6-5-10-20-19(13)21-18(24)12-17-16-8-4-3-7-15(16)9-11-22(17)14(2)23/h3-11,17H,12H2,1-2H3,(H,20,21,24). The molecule has 0 fully saturated rings. The Labute approximate surface area is 141 Å². The molecule has 2 heterocycles. The number of hydrogen-bond acceptors (Lipinski definition) is 3. The van der Waals surface area contributed by atoms with Crippen LogP contribution in [0.4, 0.5) is 5.82 Å². The van der Waals surface area contributed by atoms with E-state index in [0.717, 1.165) is 16.7 Å². The second-order valence-electron chi connectivity index (χ2n) is 5.81. The number of fused-ring (bicyclic) bond motifs is 1. The van der Waals surface area contributed by atoms with Gasteiger partial charge in [0.05, 0.1) is 12.5 Å². The van der Waals surface area contributed by atoms with Crippen molar-refractivity contribution in [3.8, 4) is 0 Å². The van der Waals surface area contributed by atoms with Crippen LogP contribution in [0, 0.1) is 6.92 Å². The number of benzene rings is 1. The molecule has 0 radical (unpaired) electrons. The monoisotopic (exact) mass is 321 g/mol. The lowest BCUT2D eigenvalue weighted by atomic mass is 9.93. The molecule has 1 aromatic heterocycles. The van der Waals surface area contributed by atoms with Gasteiger partial charge >= 0.3 is 0 Å². The molecule has 1 N–H and O–H groups in total. The van der Waals surface area contributed by atoms with Crippen LogP contribution in [0.2, 0.25) is 0 Å². The van der Waals surface area contributed by atoms with Crippen molar-refractivity contribution in [1.82, 2.24) is 9.88 Å². The molecular weight excluding hydrogens is 302 g/mol. The van der Waals surface area contributed by atoms with Gasteiger partial charge in [-0.1, -0.05) is 30.3 Å². The third-order valence-corrected chi connectivity index (χ3v) is 4.12. The minimum Gasteiger partial charge on any atom is -0.311 e.